The van der Waals surface area contributed by atoms with Crippen LogP contribution in [0.3, 0.4) is 0 Å². The van der Waals surface area contributed by atoms with Crippen LogP contribution in [0.4, 0.5) is 5.82 Å². The van der Waals surface area contributed by atoms with Gasteiger partial charge in [-0.15, -0.1) is 10.2 Å². The van der Waals surface area contributed by atoms with Crippen molar-refractivity contribution in [2.24, 2.45) is 0 Å². The second-order valence-electron chi connectivity index (χ2n) is 6.38. The van der Waals surface area contributed by atoms with Crippen molar-refractivity contribution in [3.05, 3.63) is 47.9 Å². The van der Waals surface area contributed by atoms with E-state index in [-0.39, 0.29) is 5.91 Å². The molecule has 2 saturated heterocycles. The summed E-state index contributed by atoms with van der Waals surface area (Å²) in [6, 6.07) is 9.10. The van der Waals surface area contributed by atoms with Crippen LogP contribution in [0.1, 0.15) is 29.0 Å². The first-order valence-electron chi connectivity index (χ1n) is 8.79. The van der Waals surface area contributed by atoms with Gasteiger partial charge in [-0.05, 0) is 24.3 Å². The summed E-state index contributed by atoms with van der Waals surface area (Å²) in [6.07, 6.45) is 3.31. The number of hydrogen-bond donors (Lipinski definition) is 1. The molecule has 2 fully saturated rings. The molecule has 1 spiro atoms. The van der Waals surface area contributed by atoms with Crippen LogP contribution in [0.15, 0.2) is 36.5 Å². The number of nitrogens with zero attached hydrogens (tertiary/aromatic N) is 4. The van der Waals surface area contributed by atoms with Gasteiger partial charge in [-0.25, -0.2) is 0 Å². The number of pyridine rings is 1. The molecule has 2 aliphatic heterocycles. The van der Waals surface area contributed by atoms with Gasteiger partial charge in [0.05, 0.1) is 25.5 Å². The summed E-state index contributed by atoms with van der Waals surface area (Å²) in [5.74, 6) is 0.0917. The van der Waals surface area contributed by atoms with Crippen LogP contribution in [0.2, 0.25) is 0 Å². The predicted molar refractivity (Wildman–Crippen MR) is 93.5 cm³/mol. The lowest BCUT2D eigenvalue weighted by molar-refractivity contribution is -0.169. The van der Waals surface area contributed by atoms with Gasteiger partial charge < -0.3 is 19.7 Å². The Labute approximate surface area is 151 Å². The molecule has 4 heterocycles. The second kappa shape index (κ2) is 7.35. The number of piperidine rings is 1. The number of carbonyl (C=O) groups excluding carboxylic acids is 1. The fraction of sp³-hybridized carbons (Fsp3) is 0.444. The Kier molecular flexibility index (Phi) is 4.77. The maximum absolute atomic E-state index is 12.2. The predicted octanol–water partition coefficient (Wildman–Crippen LogP) is 1.14. The third-order valence-corrected chi connectivity index (χ3v) is 4.70. The number of rotatable bonds is 4. The van der Waals surface area contributed by atoms with Crippen LogP contribution in [0.5, 0.6) is 0 Å². The minimum Gasteiger partial charge on any atom is -0.355 e. The zero-order valence-electron chi connectivity index (χ0n) is 14.4. The van der Waals surface area contributed by atoms with Crippen LogP contribution < -0.4 is 10.2 Å². The Morgan fingerprint density at radius 3 is 2.58 bits per heavy atom. The molecule has 0 atom stereocenters. The number of anilines is 1. The number of nitrogens with one attached hydrogen (secondary N) is 1. The van der Waals surface area contributed by atoms with Gasteiger partial charge in [0.15, 0.2) is 17.3 Å². The number of amides is 1. The third kappa shape index (κ3) is 3.66. The lowest BCUT2D eigenvalue weighted by Crippen LogP contribution is -2.45. The van der Waals surface area contributed by atoms with Crippen LogP contribution in [-0.2, 0) is 16.0 Å². The summed E-state index contributed by atoms with van der Waals surface area (Å²) >= 11 is 0. The molecule has 8 heteroatoms. The van der Waals surface area contributed by atoms with Crippen LogP contribution >= 0.6 is 0 Å². The highest BCUT2D eigenvalue weighted by atomic mass is 16.7. The Bertz CT molecular complexity index is 737. The third-order valence-electron chi connectivity index (χ3n) is 4.70. The van der Waals surface area contributed by atoms with E-state index in [1.54, 1.807) is 12.3 Å². The zero-order chi connectivity index (χ0) is 17.8. The number of hydrogen-bond acceptors (Lipinski definition) is 7. The number of aromatic nitrogens is 3. The minimum atomic E-state index is -0.408. The quantitative estimate of drug-likeness (QED) is 0.880. The van der Waals surface area contributed by atoms with Gasteiger partial charge >= 0.3 is 0 Å². The molecule has 8 nitrogen and oxygen atoms in total. The van der Waals surface area contributed by atoms with Crippen molar-refractivity contribution in [2.45, 2.75) is 25.2 Å². The summed E-state index contributed by atoms with van der Waals surface area (Å²) in [7, 11) is 0. The standard InChI is InChI=1S/C18H21N5O3/c24-17(20-13-14-3-1-2-8-19-14)15-4-5-16(22-21-15)23-9-6-18(7-10-23)25-11-12-26-18/h1-5,8H,6-7,9-13H2,(H,20,24). The molecule has 0 bridgehead atoms. The largest absolute Gasteiger partial charge is 0.355 e. The smallest absolute Gasteiger partial charge is 0.272 e. The maximum Gasteiger partial charge on any atom is 0.272 e. The average molecular weight is 355 g/mol. The Hall–Kier alpha value is -2.58. The molecule has 0 aromatic carbocycles. The van der Waals surface area contributed by atoms with Crippen LogP contribution in [0.25, 0.3) is 0 Å². The highest BCUT2D eigenvalue weighted by Crippen LogP contribution is 2.32. The summed E-state index contributed by atoms with van der Waals surface area (Å²) < 4.78 is 11.5. The summed E-state index contributed by atoms with van der Waals surface area (Å²) in [4.78, 5) is 18.5. The van der Waals surface area contributed by atoms with E-state index in [0.29, 0.717) is 25.5 Å². The van der Waals surface area contributed by atoms with Crippen molar-refractivity contribution in [1.82, 2.24) is 20.5 Å². The van der Waals surface area contributed by atoms with Gasteiger partial charge in [-0.1, -0.05) is 6.07 Å². The van der Waals surface area contributed by atoms with Crippen molar-refractivity contribution in [3.63, 3.8) is 0 Å². The molecule has 2 aromatic rings. The Balaban J connectivity index is 1.32. The first kappa shape index (κ1) is 16.9. The summed E-state index contributed by atoms with van der Waals surface area (Å²) in [6.45, 7) is 3.28. The van der Waals surface area contributed by atoms with Gasteiger partial charge in [0.2, 0.25) is 0 Å². The van der Waals surface area contributed by atoms with Crippen molar-refractivity contribution in [1.29, 1.82) is 0 Å². The molecule has 26 heavy (non-hydrogen) atoms. The van der Waals surface area contributed by atoms with Gasteiger partial charge in [0.25, 0.3) is 5.91 Å². The van der Waals surface area contributed by atoms with Gasteiger partial charge in [-0.3, -0.25) is 9.78 Å². The molecule has 2 aliphatic rings. The van der Waals surface area contributed by atoms with Gasteiger partial charge in [0, 0.05) is 32.1 Å². The van der Waals surface area contributed by atoms with Crippen LogP contribution in [0, 0.1) is 0 Å². The monoisotopic (exact) mass is 355 g/mol. The molecular weight excluding hydrogens is 334 g/mol. The van der Waals surface area contributed by atoms with Gasteiger partial charge in [-0.2, -0.15) is 0 Å². The SMILES string of the molecule is O=C(NCc1ccccn1)c1ccc(N2CCC3(CC2)OCCO3)nn1. The Morgan fingerprint density at radius 2 is 1.92 bits per heavy atom. The average Bonchev–Trinajstić information content (AvgIpc) is 3.16. The molecule has 0 unspecified atom stereocenters. The molecule has 1 N–H and O–H groups in total. The molecule has 1 amide bonds. The lowest BCUT2D eigenvalue weighted by atomic mass is 10.0. The highest BCUT2D eigenvalue weighted by molar-refractivity contribution is 5.92. The topological polar surface area (TPSA) is 89.5 Å². The fourth-order valence-corrected chi connectivity index (χ4v) is 3.24. The lowest BCUT2D eigenvalue weighted by Gasteiger charge is -2.37. The highest BCUT2D eigenvalue weighted by Gasteiger charge is 2.40. The van der Waals surface area contributed by atoms with Crippen molar-refractivity contribution in [2.75, 3.05) is 31.2 Å². The van der Waals surface area contributed by atoms with E-state index in [9.17, 15) is 4.79 Å². The molecule has 0 saturated carbocycles. The van der Waals surface area contributed by atoms with E-state index in [2.05, 4.69) is 25.4 Å². The van der Waals surface area contributed by atoms with E-state index < -0.39 is 5.79 Å². The minimum absolute atomic E-state index is 0.264. The van der Waals surface area contributed by atoms with Crippen LogP contribution in [-0.4, -0.2) is 53.2 Å². The van der Waals surface area contributed by atoms with E-state index in [1.165, 1.54) is 0 Å². The van der Waals surface area contributed by atoms with Gasteiger partial charge in [0.1, 0.15) is 0 Å². The Morgan fingerprint density at radius 1 is 1.12 bits per heavy atom. The van der Waals surface area contributed by atoms with Crippen molar-refractivity contribution >= 4 is 11.7 Å². The maximum atomic E-state index is 12.2. The van der Waals surface area contributed by atoms with E-state index in [4.69, 9.17) is 9.47 Å². The number of carbonyl (C=O) groups is 1. The summed E-state index contributed by atoms with van der Waals surface area (Å²) in [5.41, 5.74) is 1.09. The fourth-order valence-electron chi connectivity index (χ4n) is 3.24. The first-order chi connectivity index (χ1) is 12.7. The molecule has 136 valence electrons. The second-order valence-corrected chi connectivity index (χ2v) is 6.38. The number of ether oxygens (including phenoxy) is 2. The molecular formula is C18H21N5O3. The molecule has 2 aromatic heterocycles. The van der Waals surface area contributed by atoms with E-state index in [1.807, 2.05) is 24.3 Å². The molecule has 4 rings (SSSR count). The molecule has 0 aliphatic carbocycles. The molecule has 0 radical (unpaired) electrons. The summed E-state index contributed by atoms with van der Waals surface area (Å²) in [5, 5.41) is 11.1. The van der Waals surface area contributed by atoms with E-state index in [0.717, 1.165) is 37.4 Å². The van der Waals surface area contributed by atoms with Crippen molar-refractivity contribution in [3.8, 4) is 0 Å². The zero-order valence-corrected chi connectivity index (χ0v) is 14.4. The van der Waals surface area contributed by atoms with E-state index >= 15 is 0 Å². The normalized spacial score (nSPS) is 18.8. The first-order valence-corrected chi connectivity index (χ1v) is 8.79. The van der Waals surface area contributed by atoms with Crippen molar-refractivity contribution < 1.29 is 14.3 Å².